The number of rotatable bonds is 8. The number of hydrogen-bond acceptors (Lipinski definition) is 6. The van der Waals surface area contributed by atoms with Gasteiger partial charge in [-0.05, 0) is 35.6 Å². The fraction of sp³-hybridized carbons (Fsp3) is 0.400. The molecule has 1 saturated heterocycles. The number of carboxylic acid groups (broad SMARTS) is 1. The Balaban J connectivity index is 1.32. The lowest BCUT2D eigenvalue weighted by Gasteiger charge is -2.24. The molecule has 9 heteroatoms. The number of fused-ring (bicyclic) bond motifs is 3. The van der Waals surface area contributed by atoms with E-state index in [2.05, 4.69) is 22.8 Å². The molecule has 1 heterocycles. The molecule has 4 rings (SSSR count). The molecule has 2 aromatic carbocycles. The Hall–Kier alpha value is -3.43. The number of ether oxygens (including phenoxy) is 2. The third-order valence-electron chi connectivity index (χ3n) is 6.17. The van der Waals surface area contributed by atoms with E-state index in [-0.39, 0.29) is 25.7 Å². The SMILES string of the molecule is CC(O)(CNC(=O)[C@H]1OCC[C@H]1NC(=O)OCC1c2ccccc2-c2ccccc21)CC(=O)O. The highest BCUT2D eigenvalue weighted by Gasteiger charge is 2.37. The zero-order valence-corrected chi connectivity index (χ0v) is 18.8. The molecule has 9 nitrogen and oxygen atoms in total. The lowest BCUT2D eigenvalue weighted by Crippen LogP contribution is -2.51. The fourth-order valence-electron chi connectivity index (χ4n) is 4.55. The molecule has 1 aliphatic carbocycles. The third-order valence-corrected chi connectivity index (χ3v) is 6.17. The average molecular weight is 469 g/mol. The number of carboxylic acids is 1. The summed E-state index contributed by atoms with van der Waals surface area (Å²) >= 11 is 0. The van der Waals surface area contributed by atoms with Crippen LogP contribution >= 0.6 is 0 Å². The predicted octanol–water partition coefficient (Wildman–Crippen LogP) is 2.02. The highest BCUT2D eigenvalue weighted by molar-refractivity contribution is 5.83. The zero-order valence-electron chi connectivity index (χ0n) is 18.8. The Morgan fingerprint density at radius 3 is 2.32 bits per heavy atom. The van der Waals surface area contributed by atoms with E-state index in [0.717, 1.165) is 22.3 Å². The van der Waals surface area contributed by atoms with Gasteiger partial charge < -0.3 is 30.3 Å². The Morgan fingerprint density at radius 1 is 1.09 bits per heavy atom. The van der Waals surface area contributed by atoms with Crippen LogP contribution in [0.1, 0.15) is 36.8 Å². The van der Waals surface area contributed by atoms with Crippen molar-refractivity contribution in [3.8, 4) is 11.1 Å². The van der Waals surface area contributed by atoms with Crippen LogP contribution < -0.4 is 10.6 Å². The van der Waals surface area contributed by atoms with Crippen molar-refractivity contribution >= 4 is 18.0 Å². The number of carbonyl (C=O) groups excluding carboxylic acids is 2. The van der Waals surface area contributed by atoms with Crippen LogP contribution in [0.3, 0.4) is 0 Å². The van der Waals surface area contributed by atoms with Gasteiger partial charge >= 0.3 is 12.1 Å². The van der Waals surface area contributed by atoms with Gasteiger partial charge in [-0.3, -0.25) is 9.59 Å². The Labute approximate surface area is 197 Å². The maximum Gasteiger partial charge on any atom is 0.407 e. The van der Waals surface area contributed by atoms with E-state index < -0.39 is 42.1 Å². The maximum atomic E-state index is 12.6. The molecule has 3 atom stereocenters. The van der Waals surface area contributed by atoms with Crippen molar-refractivity contribution in [2.45, 2.75) is 43.4 Å². The topological polar surface area (TPSA) is 134 Å². The van der Waals surface area contributed by atoms with Gasteiger partial charge in [-0.2, -0.15) is 0 Å². The van der Waals surface area contributed by atoms with E-state index in [1.54, 1.807) is 0 Å². The van der Waals surface area contributed by atoms with Gasteiger partial charge in [-0.1, -0.05) is 48.5 Å². The summed E-state index contributed by atoms with van der Waals surface area (Å²) in [7, 11) is 0. The highest BCUT2D eigenvalue weighted by atomic mass is 16.6. The monoisotopic (exact) mass is 468 g/mol. The van der Waals surface area contributed by atoms with Gasteiger partial charge in [0.2, 0.25) is 0 Å². The summed E-state index contributed by atoms with van der Waals surface area (Å²) in [5.41, 5.74) is 2.87. The smallest absolute Gasteiger partial charge is 0.407 e. The molecule has 2 aliphatic rings. The molecule has 2 aromatic rings. The molecule has 2 amide bonds. The van der Waals surface area contributed by atoms with Gasteiger partial charge in [0.05, 0.1) is 18.1 Å². The Bertz CT molecular complexity index is 1040. The van der Waals surface area contributed by atoms with E-state index in [1.165, 1.54) is 6.92 Å². The van der Waals surface area contributed by atoms with E-state index >= 15 is 0 Å². The summed E-state index contributed by atoms with van der Waals surface area (Å²) in [5.74, 6) is -1.79. The number of carbonyl (C=O) groups is 3. The van der Waals surface area contributed by atoms with Gasteiger partial charge in [-0.25, -0.2) is 4.79 Å². The van der Waals surface area contributed by atoms with Crippen molar-refractivity contribution in [2.24, 2.45) is 0 Å². The van der Waals surface area contributed by atoms with Crippen molar-refractivity contribution < 1.29 is 34.1 Å². The van der Waals surface area contributed by atoms with Crippen molar-refractivity contribution in [2.75, 3.05) is 19.8 Å². The summed E-state index contributed by atoms with van der Waals surface area (Å²) < 4.78 is 11.0. The number of amides is 2. The van der Waals surface area contributed by atoms with Crippen molar-refractivity contribution in [3.05, 3.63) is 59.7 Å². The second-order valence-corrected chi connectivity index (χ2v) is 8.94. The molecule has 0 spiro atoms. The van der Waals surface area contributed by atoms with Crippen LogP contribution in [0.25, 0.3) is 11.1 Å². The molecular weight excluding hydrogens is 440 g/mol. The number of aliphatic carboxylic acids is 1. The molecule has 0 aromatic heterocycles. The van der Waals surface area contributed by atoms with E-state index in [1.807, 2.05) is 36.4 Å². The van der Waals surface area contributed by atoms with E-state index in [0.29, 0.717) is 6.42 Å². The van der Waals surface area contributed by atoms with Gasteiger partial charge in [0, 0.05) is 19.1 Å². The Kier molecular flexibility index (Phi) is 6.85. The lowest BCUT2D eigenvalue weighted by molar-refractivity contribution is -0.143. The number of benzene rings is 2. The number of hydrogen-bond donors (Lipinski definition) is 4. The van der Waals surface area contributed by atoms with Gasteiger partial charge in [0.1, 0.15) is 6.61 Å². The van der Waals surface area contributed by atoms with Crippen LogP contribution in [0.4, 0.5) is 4.79 Å². The molecule has 34 heavy (non-hydrogen) atoms. The minimum Gasteiger partial charge on any atom is -0.481 e. The summed E-state index contributed by atoms with van der Waals surface area (Å²) in [6.45, 7) is 1.50. The minimum atomic E-state index is -1.60. The number of nitrogens with one attached hydrogen (secondary N) is 2. The fourth-order valence-corrected chi connectivity index (χ4v) is 4.55. The normalized spacial score (nSPS) is 20.6. The Morgan fingerprint density at radius 2 is 1.71 bits per heavy atom. The third kappa shape index (κ3) is 5.21. The van der Waals surface area contributed by atoms with Crippen LogP contribution in [0.5, 0.6) is 0 Å². The molecule has 0 saturated carbocycles. The summed E-state index contributed by atoms with van der Waals surface area (Å²) in [5, 5.41) is 24.1. The number of aliphatic hydroxyl groups is 1. The molecule has 4 N–H and O–H groups in total. The lowest BCUT2D eigenvalue weighted by atomic mass is 9.98. The molecular formula is C25H28N2O7. The van der Waals surface area contributed by atoms with Gasteiger partial charge in [0.25, 0.3) is 5.91 Å². The van der Waals surface area contributed by atoms with Gasteiger partial charge in [0.15, 0.2) is 6.10 Å². The molecule has 1 unspecified atom stereocenters. The molecule has 180 valence electrons. The number of alkyl carbamates (subject to hydrolysis) is 1. The summed E-state index contributed by atoms with van der Waals surface area (Å²) in [6.07, 6.45) is -1.69. The van der Waals surface area contributed by atoms with Crippen LogP contribution in [0.15, 0.2) is 48.5 Å². The highest BCUT2D eigenvalue weighted by Crippen LogP contribution is 2.44. The maximum absolute atomic E-state index is 12.6. The van der Waals surface area contributed by atoms with Crippen molar-refractivity contribution in [1.82, 2.24) is 10.6 Å². The van der Waals surface area contributed by atoms with Crippen LogP contribution in [-0.4, -0.2) is 65.7 Å². The quantitative estimate of drug-likeness (QED) is 0.466. The first kappa shape index (κ1) is 23.7. The molecule has 1 fully saturated rings. The zero-order chi connectivity index (χ0) is 24.3. The largest absolute Gasteiger partial charge is 0.481 e. The standard InChI is InChI=1S/C25H28N2O7/c1-25(32,12-21(28)29)14-26-23(30)22-20(10-11-33-22)27-24(31)34-13-19-17-8-4-2-6-15(17)16-7-3-5-9-18(16)19/h2-9,19-20,22,32H,10-14H2,1H3,(H,26,30)(H,27,31)(H,28,29)/t20-,22+,25?/m1/s1. The van der Waals surface area contributed by atoms with Crippen molar-refractivity contribution in [1.29, 1.82) is 0 Å². The van der Waals surface area contributed by atoms with E-state index in [9.17, 15) is 19.5 Å². The second kappa shape index (κ2) is 9.82. The first-order valence-electron chi connectivity index (χ1n) is 11.2. The molecule has 0 radical (unpaired) electrons. The summed E-state index contributed by atoms with van der Waals surface area (Å²) in [4.78, 5) is 35.9. The van der Waals surface area contributed by atoms with Crippen LogP contribution in [0.2, 0.25) is 0 Å². The first-order chi connectivity index (χ1) is 16.2. The molecule has 0 bridgehead atoms. The minimum absolute atomic E-state index is 0.0754. The first-order valence-corrected chi connectivity index (χ1v) is 11.2. The predicted molar refractivity (Wildman–Crippen MR) is 122 cm³/mol. The van der Waals surface area contributed by atoms with Gasteiger partial charge in [-0.15, -0.1) is 0 Å². The van der Waals surface area contributed by atoms with E-state index in [4.69, 9.17) is 14.6 Å². The van der Waals surface area contributed by atoms with Crippen LogP contribution in [0, 0.1) is 0 Å². The van der Waals surface area contributed by atoms with Crippen molar-refractivity contribution in [3.63, 3.8) is 0 Å². The second-order valence-electron chi connectivity index (χ2n) is 8.94. The molecule has 1 aliphatic heterocycles. The summed E-state index contributed by atoms with van der Waals surface area (Å²) in [6, 6.07) is 15.5. The van der Waals surface area contributed by atoms with Crippen LogP contribution in [-0.2, 0) is 19.1 Å². The average Bonchev–Trinajstić information content (AvgIpc) is 3.38.